The van der Waals surface area contributed by atoms with Gasteiger partial charge in [-0.1, -0.05) is 6.07 Å². The van der Waals surface area contributed by atoms with Gasteiger partial charge in [-0.15, -0.1) is 0 Å². The topological polar surface area (TPSA) is 99.5 Å². The van der Waals surface area contributed by atoms with Crippen molar-refractivity contribution in [1.82, 2.24) is 19.4 Å². The van der Waals surface area contributed by atoms with Crippen LogP contribution in [0.25, 0.3) is 11.5 Å². The number of aromatic nitrogens is 3. The highest BCUT2D eigenvalue weighted by Crippen LogP contribution is 2.32. The van der Waals surface area contributed by atoms with Crippen LogP contribution in [0.3, 0.4) is 0 Å². The lowest BCUT2D eigenvalue weighted by molar-refractivity contribution is -0.389. The lowest BCUT2D eigenvalue weighted by atomic mass is 10.0. The molecule has 0 aliphatic carbocycles. The van der Waals surface area contributed by atoms with E-state index in [1.807, 2.05) is 25.1 Å². The molecule has 1 atom stereocenters. The molecule has 9 nitrogen and oxygen atoms in total. The Balaban J connectivity index is 1.28. The van der Waals surface area contributed by atoms with Gasteiger partial charge in [-0.05, 0) is 35.6 Å². The number of fused-ring (bicyclic) bond motifs is 2. The zero-order valence-corrected chi connectivity index (χ0v) is 15.4. The summed E-state index contributed by atoms with van der Waals surface area (Å²) in [7, 11) is 0. The second kappa shape index (κ2) is 6.16. The summed E-state index contributed by atoms with van der Waals surface area (Å²) in [6.07, 6.45) is 3.95. The molecule has 0 saturated carbocycles. The van der Waals surface area contributed by atoms with E-state index in [0.29, 0.717) is 19.1 Å². The smallest absolute Gasteiger partial charge is 0.415 e. The van der Waals surface area contributed by atoms with E-state index in [0.717, 1.165) is 36.7 Å². The van der Waals surface area contributed by atoms with E-state index >= 15 is 0 Å². The van der Waals surface area contributed by atoms with Crippen LogP contribution in [0, 0.1) is 10.1 Å². The zero-order chi connectivity index (χ0) is 19.3. The van der Waals surface area contributed by atoms with Gasteiger partial charge in [0.15, 0.2) is 5.76 Å². The third kappa shape index (κ3) is 2.93. The summed E-state index contributed by atoms with van der Waals surface area (Å²) in [5, 5.41) is 10.9. The Morgan fingerprint density at radius 1 is 1.32 bits per heavy atom. The third-order valence-corrected chi connectivity index (χ3v) is 5.22. The summed E-state index contributed by atoms with van der Waals surface area (Å²) in [5.74, 6) is 0.600. The molecule has 2 aliphatic rings. The van der Waals surface area contributed by atoms with Crippen molar-refractivity contribution in [2.75, 3.05) is 13.1 Å². The average Bonchev–Trinajstić information content (AvgIpc) is 3.36. The minimum Gasteiger partial charge on any atom is -0.463 e. The van der Waals surface area contributed by atoms with Gasteiger partial charge in [0.25, 0.3) is 0 Å². The SMILES string of the molecule is CC1(CN2CCc3nc(-c4ccco4)ccc3C2)Cn2cc([N+](=O)[O-])nc2O1. The molecular formula is C19H19N5O4. The van der Waals surface area contributed by atoms with Crippen molar-refractivity contribution >= 4 is 5.82 Å². The highest BCUT2D eigenvalue weighted by molar-refractivity contribution is 5.53. The number of furan rings is 1. The molecule has 1 unspecified atom stereocenters. The summed E-state index contributed by atoms with van der Waals surface area (Å²) >= 11 is 0. The second-order valence-electron chi connectivity index (χ2n) is 7.56. The molecule has 0 saturated heterocycles. The first-order chi connectivity index (χ1) is 13.5. The van der Waals surface area contributed by atoms with E-state index in [1.54, 1.807) is 10.8 Å². The van der Waals surface area contributed by atoms with Crippen LogP contribution >= 0.6 is 0 Å². The fraction of sp³-hybridized carbons (Fsp3) is 0.368. The van der Waals surface area contributed by atoms with Gasteiger partial charge in [0.2, 0.25) is 0 Å². The third-order valence-electron chi connectivity index (χ3n) is 5.22. The molecule has 28 heavy (non-hydrogen) atoms. The minimum absolute atomic E-state index is 0.178. The predicted molar refractivity (Wildman–Crippen MR) is 98.8 cm³/mol. The molecule has 0 fully saturated rings. The van der Waals surface area contributed by atoms with Crippen LogP contribution in [0.2, 0.25) is 0 Å². The van der Waals surface area contributed by atoms with Crippen LogP contribution in [0.5, 0.6) is 6.01 Å². The number of hydrogen-bond acceptors (Lipinski definition) is 7. The Morgan fingerprint density at radius 2 is 2.21 bits per heavy atom. The molecule has 0 spiro atoms. The number of pyridine rings is 1. The van der Waals surface area contributed by atoms with E-state index in [1.165, 1.54) is 11.8 Å². The van der Waals surface area contributed by atoms with Crippen molar-refractivity contribution in [3.05, 3.63) is 58.1 Å². The van der Waals surface area contributed by atoms with Gasteiger partial charge in [-0.25, -0.2) is 4.98 Å². The fourth-order valence-corrected chi connectivity index (χ4v) is 4.01. The average molecular weight is 381 g/mol. The van der Waals surface area contributed by atoms with Crippen LogP contribution in [0.15, 0.2) is 41.1 Å². The van der Waals surface area contributed by atoms with Crippen molar-refractivity contribution in [3.63, 3.8) is 0 Å². The second-order valence-corrected chi connectivity index (χ2v) is 7.56. The van der Waals surface area contributed by atoms with Crippen LogP contribution < -0.4 is 4.74 Å². The molecule has 0 radical (unpaired) electrons. The van der Waals surface area contributed by atoms with Crippen LogP contribution in [0.1, 0.15) is 18.2 Å². The molecule has 9 heteroatoms. The lowest BCUT2D eigenvalue weighted by Crippen LogP contribution is -2.46. The molecule has 5 rings (SSSR count). The van der Waals surface area contributed by atoms with E-state index in [2.05, 4.69) is 16.0 Å². The summed E-state index contributed by atoms with van der Waals surface area (Å²) in [4.78, 5) is 21.4. The molecule has 0 aromatic carbocycles. The maximum atomic E-state index is 10.9. The Kier molecular flexibility index (Phi) is 3.73. The van der Waals surface area contributed by atoms with Crippen LogP contribution in [-0.4, -0.2) is 43.0 Å². The van der Waals surface area contributed by atoms with E-state index in [9.17, 15) is 10.1 Å². The van der Waals surface area contributed by atoms with Gasteiger partial charge < -0.3 is 19.3 Å². The standard InChI is InChI=1S/C19H19N5O4/c1-19(12-23-10-17(24(25)26)21-18(23)28-19)11-22-7-6-14-13(9-22)4-5-15(20-14)16-3-2-8-27-16/h2-5,8,10H,6-7,9,11-12H2,1H3. The Hall–Kier alpha value is -3.20. The molecule has 2 aliphatic heterocycles. The van der Waals surface area contributed by atoms with Gasteiger partial charge in [-0.3, -0.25) is 9.47 Å². The molecule has 3 aromatic heterocycles. The summed E-state index contributed by atoms with van der Waals surface area (Å²) in [6, 6.07) is 8.19. The molecule has 0 N–H and O–H groups in total. The zero-order valence-electron chi connectivity index (χ0n) is 15.4. The van der Waals surface area contributed by atoms with E-state index in [-0.39, 0.29) is 5.82 Å². The number of nitrogens with zero attached hydrogens (tertiary/aromatic N) is 5. The van der Waals surface area contributed by atoms with Gasteiger partial charge in [0.05, 0.1) is 12.8 Å². The molecule has 5 heterocycles. The first kappa shape index (κ1) is 16.9. The summed E-state index contributed by atoms with van der Waals surface area (Å²) < 4.78 is 13.1. The first-order valence-corrected chi connectivity index (χ1v) is 9.15. The van der Waals surface area contributed by atoms with Crippen LogP contribution in [-0.2, 0) is 19.5 Å². The van der Waals surface area contributed by atoms with Crippen molar-refractivity contribution in [2.45, 2.75) is 32.0 Å². The van der Waals surface area contributed by atoms with Crippen molar-refractivity contribution in [3.8, 4) is 17.5 Å². The Morgan fingerprint density at radius 3 is 2.96 bits per heavy atom. The number of imidazole rings is 1. The number of hydrogen-bond donors (Lipinski definition) is 0. The predicted octanol–water partition coefficient (Wildman–Crippen LogP) is 2.66. The maximum absolute atomic E-state index is 10.9. The summed E-state index contributed by atoms with van der Waals surface area (Å²) in [6.45, 7) is 4.94. The monoisotopic (exact) mass is 381 g/mol. The maximum Gasteiger partial charge on any atom is 0.415 e. The van der Waals surface area contributed by atoms with Gasteiger partial charge >= 0.3 is 11.8 Å². The minimum atomic E-state index is -0.502. The van der Waals surface area contributed by atoms with Gasteiger partial charge in [0.1, 0.15) is 17.5 Å². The largest absolute Gasteiger partial charge is 0.463 e. The summed E-state index contributed by atoms with van der Waals surface area (Å²) in [5.41, 5.74) is 2.70. The number of nitro groups is 1. The lowest BCUT2D eigenvalue weighted by Gasteiger charge is -2.34. The number of ether oxygens (including phenoxy) is 1. The molecule has 0 bridgehead atoms. The molecule has 0 amide bonds. The highest BCUT2D eigenvalue weighted by Gasteiger charge is 2.41. The van der Waals surface area contributed by atoms with Gasteiger partial charge in [0, 0.05) is 36.7 Å². The highest BCUT2D eigenvalue weighted by atomic mass is 16.6. The van der Waals surface area contributed by atoms with Crippen molar-refractivity contribution in [2.24, 2.45) is 0 Å². The Bertz CT molecular complexity index is 1020. The van der Waals surface area contributed by atoms with E-state index in [4.69, 9.17) is 14.1 Å². The Labute approximate surface area is 160 Å². The van der Waals surface area contributed by atoms with Crippen molar-refractivity contribution < 1.29 is 14.1 Å². The van der Waals surface area contributed by atoms with Crippen molar-refractivity contribution in [1.29, 1.82) is 0 Å². The quantitative estimate of drug-likeness (QED) is 0.506. The fourth-order valence-electron chi connectivity index (χ4n) is 4.01. The number of rotatable bonds is 4. The molecule has 3 aromatic rings. The molecule has 144 valence electrons. The van der Waals surface area contributed by atoms with E-state index < -0.39 is 10.5 Å². The van der Waals surface area contributed by atoms with Gasteiger partial charge in [-0.2, -0.15) is 0 Å². The first-order valence-electron chi connectivity index (χ1n) is 9.15. The molecular weight excluding hydrogens is 362 g/mol. The normalized spacial score (nSPS) is 21.2. The van der Waals surface area contributed by atoms with Crippen LogP contribution in [0.4, 0.5) is 5.82 Å².